The molecule has 1 unspecified atom stereocenters. The van der Waals surface area contributed by atoms with Crippen LogP contribution in [0.15, 0.2) is 72.8 Å². The van der Waals surface area contributed by atoms with E-state index < -0.39 is 6.04 Å². The molecule has 0 saturated heterocycles. The summed E-state index contributed by atoms with van der Waals surface area (Å²) in [4.78, 5) is 25.8. The third-order valence-electron chi connectivity index (χ3n) is 5.08. The van der Waals surface area contributed by atoms with Crippen molar-refractivity contribution in [2.24, 2.45) is 0 Å². The van der Waals surface area contributed by atoms with E-state index in [9.17, 15) is 9.59 Å². The number of rotatable bonds is 7. The minimum Gasteiger partial charge on any atom is -0.486 e. The smallest absolute Gasteiger partial charge is 0.251 e. The standard InChI is InChI=1S/C25H23ClN2O4/c26-20-9-7-19(8-10-20)24(29)28-21(14-17-4-2-1-3-5-17)25(30)27-16-18-6-11-22-23(15-18)32-13-12-31-22/h1-11,15,21H,12-14,16H2,(H,27,30)(H,28,29). The predicted octanol–water partition coefficient (Wildman–Crippen LogP) is 3.77. The van der Waals surface area contributed by atoms with Crippen molar-refractivity contribution in [2.45, 2.75) is 19.0 Å². The molecule has 0 saturated carbocycles. The lowest BCUT2D eigenvalue weighted by Gasteiger charge is -2.20. The molecular weight excluding hydrogens is 428 g/mol. The van der Waals surface area contributed by atoms with E-state index in [2.05, 4.69) is 10.6 Å². The van der Waals surface area contributed by atoms with Crippen molar-refractivity contribution in [3.8, 4) is 11.5 Å². The molecule has 4 rings (SSSR count). The summed E-state index contributed by atoms with van der Waals surface area (Å²) in [5.74, 6) is 0.756. The average molecular weight is 451 g/mol. The normalized spacial score (nSPS) is 13.2. The zero-order valence-electron chi connectivity index (χ0n) is 17.3. The molecule has 2 amide bonds. The predicted molar refractivity (Wildman–Crippen MR) is 122 cm³/mol. The molecule has 1 heterocycles. The number of amides is 2. The molecule has 3 aromatic carbocycles. The second-order valence-electron chi connectivity index (χ2n) is 7.42. The SMILES string of the molecule is O=C(NC(Cc1ccccc1)C(=O)NCc1ccc2c(c1)OCCO2)c1ccc(Cl)cc1. The Balaban J connectivity index is 1.45. The number of hydrogen-bond acceptors (Lipinski definition) is 4. The monoisotopic (exact) mass is 450 g/mol. The molecule has 0 aliphatic carbocycles. The van der Waals surface area contributed by atoms with Crippen molar-refractivity contribution >= 4 is 23.4 Å². The van der Waals surface area contributed by atoms with E-state index in [1.54, 1.807) is 24.3 Å². The Morgan fingerprint density at radius 2 is 1.59 bits per heavy atom. The maximum absolute atomic E-state index is 13.0. The number of carbonyl (C=O) groups excluding carboxylic acids is 2. The maximum atomic E-state index is 13.0. The van der Waals surface area contributed by atoms with E-state index in [0.29, 0.717) is 48.3 Å². The van der Waals surface area contributed by atoms with Gasteiger partial charge in [-0.2, -0.15) is 0 Å². The van der Waals surface area contributed by atoms with Crippen LogP contribution in [0.1, 0.15) is 21.5 Å². The molecule has 164 valence electrons. The van der Waals surface area contributed by atoms with Crippen molar-refractivity contribution < 1.29 is 19.1 Å². The molecule has 0 fully saturated rings. The van der Waals surface area contributed by atoms with Gasteiger partial charge in [-0.1, -0.05) is 48.0 Å². The van der Waals surface area contributed by atoms with Crippen LogP contribution in [0.4, 0.5) is 0 Å². The Morgan fingerprint density at radius 1 is 0.875 bits per heavy atom. The van der Waals surface area contributed by atoms with Crippen LogP contribution in [0.5, 0.6) is 11.5 Å². The molecule has 0 radical (unpaired) electrons. The molecule has 3 aromatic rings. The molecular formula is C25H23ClN2O4. The van der Waals surface area contributed by atoms with Gasteiger partial charge < -0.3 is 20.1 Å². The van der Waals surface area contributed by atoms with Crippen LogP contribution in [0.2, 0.25) is 5.02 Å². The highest BCUT2D eigenvalue weighted by molar-refractivity contribution is 6.30. The van der Waals surface area contributed by atoms with Gasteiger partial charge in [-0.3, -0.25) is 9.59 Å². The Labute approximate surface area is 191 Å². The van der Waals surface area contributed by atoms with E-state index in [-0.39, 0.29) is 11.8 Å². The zero-order valence-corrected chi connectivity index (χ0v) is 18.1. The lowest BCUT2D eigenvalue weighted by molar-refractivity contribution is -0.123. The van der Waals surface area contributed by atoms with Crippen LogP contribution in [0, 0.1) is 0 Å². The number of ether oxygens (including phenoxy) is 2. The quantitative estimate of drug-likeness (QED) is 0.574. The van der Waals surface area contributed by atoms with Crippen LogP contribution in [-0.2, 0) is 17.8 Å². The molecule has 1 aliphatic heterocycles. The van der Waals surface area contributed by atoms with Gasteiger partial charge in [0.25, 0.3) is 5.91 Å². The summed E-state index contributed by atoms with van der Waals surface area (Å²) in [6.45, 7) is 1.33. The first-order valence-corrected chi connectivity index (χ1v) is 10.7. The maximum Gasteiger partial charge on any atom is 0.251 e. The molecule has 0 aromatic heterocycles. The number of benzene rings is 3. The van der Waals surface area contributed by atoms with Gasteiger partial charge >= 0.3 is 0 Å². The van der Waals surface area contributed by atoms with Crippen LogP contribution in [0.3, 0.4) is 0 Å². The fourth-order valence-corrected chi connectivity index (χ4v) is 3.54. The first kappa shape index (κ1) is 21.7. The second kappa shape index (κ2) is 10.2. The molecule has 6 nitrogen and oxygen atoms in total. The van der Waals surface area contributed by atoms with Gasteiger partial charge in [-0.15, -0.1) is 0 Å². The van der Waals surface area contributed by atoms with Gasteiger partial charge in [0.15, 0.2) is 11.5 Å². The molecule has 7 heteroatoms. The van der Waals surface area contributed by atoms with Crippen LogP contribution >= 0.6 is 11.6 Å². The number of fused-ring (bicyclic) bond motifs is 1. The van der Waals surface area contributed by atoms with E-state index >= 15 is 0 Å². The largest absolute Gasteiger partial charge is 0.486 e. The fourth-order valence-electron chi connectivity index (χ4n) is 3.41. The third kappa shape index (κ3) is 5.59. The summed E-state index contributed by atoms with van der Waals surface area (Å²) in [5.41, 5.74) is 2.26. The summed E-state index contributed by atoms with van der Waals surface area (Å²) >= 11 is 5.91. The van der Waals surface area contributed by atoms with Gasteiger partial charge in [-0.05, 0) is 47.5 Å². The highest BCUT2D eigenvalue weighted by atomic mass is 35.5. The third-order valence-corrected chi connectivity index (χ3v) is 5.34. The number of carbonyl (C=O) groups is 2. The second-order valence-corrected chi connectivity index (χ2v) is 7.85. The summed E-state index contributed by atoms with van der Waals surface area (Å²) < 4.78 is 11.1. The molecule has 0 bridgehead atoms. The van der Waals surface area contributed by atoms with E-state index in [4.69, 9.17) is 21.1 Å². The number of halogens is 1. The molecule has 2 N–H and O–H groups in total. The fraction of sp³-hybridized carbons (Fsp3) is 0.200. The number of nitrogens with one attached hydrogen (secondary N) is 2. The topological polar surface area (TPSA) is 76.7 Å². The molecule has 32 heavy (non-hydrogen) atoms. The summed E-state index contributed by atoms with van der Waals surface area (Å²) in [6.07, 6.45) is 0.368. The van der Waals surface area contributed by atoms with Crippen molar-refractivity contribution in [1.82, 2.24) is 10.6 Å². The van der Waals surface area contributed by atoms with Crippen LogP contribution in [-0.4, -0.2) is 31.1 Å². The minimum atomic E-state index is -0.738. The zero-order chi connectivity index (χ0) is 22.3. The van der Waals surface area contributed by atoms with Crippen molar-refractivity contribution in [3.05, 3.63) is 94.5 Å². The highest BCUT2D eigenvalue weighted by Crippen LogP contribution is 2.30. The van der Waals surface area contributed by atoms with Gasteiger partial charge in [0.05, 0.1) is 0 Å². The van der Waals surface area contributed by atoms with Gasteiger partial charge in [0, 0.05) is 23.6 Å². The lowest BCUT2D eigenvalue weighted by Crippen LogP contribution is -2.47. The highest BCUT2D eigenvalue weighted by Gasteiger charge is 2.22. The molecule has 0 spiro atoms. The van der Waals surface area contributed by atoms with Gasteiger partial charge in [0.1, 0.15) is 19.3 Å². The summed E-state index contributed by atoms with van der Waals surface area (Å²) in [5, 5.41) is 6.31. The van der Waals surface area contributed by atoms with E-state index in [1.165, 1.54) is 0 Å². The Bertz CT molecular complexity index is 1090. The lowest BCUT2D eigenvalue weighted by atomic mass is 10.0. The van der Waals surface area contributed by atoms with Crippen molar-refractivity contribution in [1.29, 1.82) is 0 Å². The Kier molecular flexibility index (Phi) is 6.92. The van der Waals surface area contributed by atoms with Crippen molar-refractivity contribution in [3.63, 3.8) is 0 Å². The molecule has 1 atom stereocenters. The first-order valence-electron chi connectivity index (χ1n) is 10.3. The van der Waals surface area contributed by atoms with Crippen molar-refractivity contribution in [2.75, 3.05) is 13.2 Å². The van der Waals surface area contributed by atoms with Crippen LogP contribution in [0.25, 0.3) is 0 Å². The first-order chi connectivity index (χ1) is 15.6. The number of hydrogen-bond donors (Lipinski definition) is 2. The minimum absolute atomic E-state index is 0.272. The van der Waals surface area contributed by atoms with Crippen LogP contribution < -0.4 is 20.1 Å². The average Bonchev–Trinajstić information content (AvgIpc) is 2.83. The summed E-state index contributed by atoms with van der Waals surface area (Å²) in [7, 11) is 0. The Morgan fingerprint density at radius 3 is 2.34 bits per heavy atom. The van der Waals surface area contributed by atoms with E-state index in [1.807, 2.05) is 48.5 Å². The molecule has 1 aliphatic rings. The van der Waals surface area contributed by atoms with Gasteiger partial charge in [0.2, 0.25) is 5.91 Å². The van der Waals surface area contributed by atoms with Gasteiger partial charge in [-0.25, -0.2) is 0 Å². The van der Waals surface area contributed by atoms with E-state index in [0.717, 1.165) is 11.1 Å². The summed E-state index contributed by atoms with van der Waals surface area (Å²) in [6, 6.07) is 20.9. The Hall–Kier alpha value is -3.51.